The monoisotopic (exact) mass is 513 g/mol. The van der Waals surface area contributed by atoms with E-state index >= 15 is 0 Å². The van der Waals surface area contributed by atoms with E-state index in [0.717, 1.165) is 24.0 Å². The molecule has 1 heterocycles. The highest BCUT2D eigenvalue weighted by Crippen LogP contribution is 2.28. The zero-order chi connectivity index (χ0) is 25.7. The fourth-order valence-corrected chi connectivity index (χ4v) is 4.62. The van der Waals surface area contributed by atoms with Gasteiger partial charge in [0.25, 0.3) is 5.91 Å². The molecule has 4 rings (SSSR count). The van der Waals surface area contributed by atoms with Crippen LogP contribution in [0.3, 0.4) is 0 Å². The molecule has 0 aromatic heterocycles. The number of ether oxygens (including phenoxy) is 2. The lowest BCUT2D eigenvalue weighted by molar-refractivity contribution is -0.115. The number of carbonyl (C=O) groups is 2. The fourth-order valence-electron chi connectivity index (χ4n) is 4.51. The van der Waals surface area contributed by atoms with Gasteiger partial charge in [0.15, 0.2) is 6.10 Å². The van der Waals surface area contributed by atoms with E-state index in [1.165, 1.54) is 18.2 Å². The Hall–Kier alpha value is -3.39. The van der Waals surface area contributed by atoms with E-state index in [0.29, 0.717) is 25.1 Å². The SMILES string of the molecule is Cc1cccc(/C=C\C(=N)C(=O)NC2CCC(N3CC(COc4ccc(Cl)c(F)c4)OC3=O)CC2)c1. The highest BCUT2D eigenvalue weighted by molar-refractivity contribution is 6.42. The van der Waals surface area contributed by atoms with Crippen LogP contribution < -0.4 is 10.1 Å². The maximum atomic E-state index is 13.6. The minimum atomic E-state index is -0.569. The summed E-state index contributed by atoms with van der Waals surface area (Å²) in [6.45, 7) is 2.50. The molecule has 36 heavy (non-hydrogen) atoms. The van der Waals surface area contributed by atoms with E-state index in [4.69, 9.17) is 26.5 Å². The molecule has 0 radical (unpaired) electrons. The van der Waals surface area contributed by atoms with Gasteiger partial charge >= 0.3 is 6.09 Å². The van der Waals surface area contributed by atoms with Crippen LogP contribution in [0.1, 0.15) is 36.8 Å². The van der Waals surface area contributed by atoms with E-state index < -0.39 is 17.8 Å². The average Bonchev–Trinajstić information content (AvgIpc) is 3.24. The fraction of sp³-hybridized carbons (Fsp3) is 0.370. The molecule has 2 N–H and O–H groups in total. The standard InChI is InChI=1S/C27H29ClFN3O4/c1-17-3-2-4-18(13-17)5-12-25(30)26(33)31-19-6-8-20(9-7-19)32-15-22(36-27(32)34)16-35-21-10-11-23(28)24(29)14-21/h2-5,10-14,19-20,22,30H,6-9,15-16H2,1H3,(H,31,33)/b12-5-,30-25?. The first kappa shape index (κ1) is 25.7. The molecule has 1 aliphatic carbocycles. The molecule has 1 unspecified atom stereocenters. The molecule has 9 heteroatoms. The Morgan fingerprint density at radius 1 is 1.25 bits per heavy atom. The van der Waals surface area contributed by atoms with E-state index in [1.807, 2.05) is 31.2 Å². The Morgan fingerprint density at radius 3 is 2.75 bits per heavy atom. The Bertz CT molecular complexity index is 1160. The van der Waals surface area contributed by atoms with E-state index in [2.05, 4.69) is 5.32 Å². The molecule has 0 bridgehead atoms. The van der Waals surface area contributed by atoms with Crippen molar-refractivity contribution >= 4 is 35.4 Å². The van der Waals surface area contributed by atoms with E-state index in [1.54, 1.807) is 17.0 Å². The molecular weight excluding hydrogens is 485 g/mol. The van der Waals surface area contributed by atoms with Crippen LogP contribution in [-0.4, -0.2) is 54.0 Å². The molecule has 7 nitrogen and oxygen atoms in total. The number of nitrogens with zero attached hydrogens (tertiary/aromatic N) is 1. The zero-order valence-electron chi connectivity index (χ0n) is 20.0. The summed E-state index contributed by atoms with van der Waals surface area (Å²) in [6, 6.07) is 12.0. The van der Waals surface area contributed by atoms with E-state index in [9.17, 15) is 14.0 Å². The maximum absolute atomic E-state index is 13.6. The molecule has 2 aliphatic rings. The molecule has 2 amide bonds. The summed E-state index contributed by atoms with van der Waals surface area (Å²) >= 11 is 5.68. The van der Waals surface area contributed by atoms with Crippen LogP contribution in [0, 0.1) is 18.2 Å². The second-order valence-corrected chi connectivity index (χ2v) is 9.59. The number of amides is 2. The van der Waals surface area contributed by atoms with E-state index in [-0.39, 0.29) is 35.5 Å². The summed E-state index contributed by atoms with van der Waals surface area (Å²) in [4.78, 5) is 26.6. The van der Waals surface area contributed by atoms with Crippen molar-refractivity contribution in [3.05, 3.63) is 70.5 Å². The zero-order valence-corrected chi connectivity index (χ0v) is 20.8. The van der Waals surface area contributed by atoms with Crippen molar-refractivity contribution in [3.8, 4) is 5.75 Å². The second kappa shape index (κ2) is 11.6. The van der Waals surface area contributed by atoms with Crippen molar-refractivity contribution in [2.75, 3.05) is 13.2 Å². The van der Waals surface area contributed by atoms with Gasteiger partial charge in [0.05, 0.1) is 11.6 Å². The molecule has 2 fully saturated rings. The first-order valence-corrected chi connectivity index (χ1v) is 12.4. The van der Waals surface area contributed by atoms with Gasteiger partial charge in [0, 0.05) is 18.2 Å². The highest BCUT2D eigenvalue weighted by atomic mass is 35.5. The van der Waals surface area contributed by atoms with Gasteiger partial charge in [-0.2, -0.15) is 0 Å². The summed E-state index contributed by atoms with van der Waals surface area (Å²) in [5.74, 6) is -0.652. The van der Waals surface area contributed by atoms with Crippen LogP contribution in [0.15, 0.2) is 48.5 Å². The number of nitrogens with one attached hydrogen (secondary N) is 2. The van der Waals surface area contributed by atoms with Crippen LogP contribution in [0.4, 0.5) is 9.18 Å². The number of hydrogen-bond acceptors (Lipinski definition) is 5. The first-order valence-electron chi connectivity index (χ1n) is 12.0. The molecule has 190 valence electrons. The minimum absolute atomic E-state index is 0.0168. The molecule has 1 saturated heterocycles. The molecular formula is C27H29ClFN3O4. The predicted octanol–water partition coefficient (Wildman–Crippen LogP) is 5.15. The lowest BCUT2D eigenvalue weighted by Crippen LogP contribution is -2.45. The second-order valence-electron chi connectivity index (χ2n) is 9.19. The molecule has 1 saturated carbocycles. The minimum Gasteiger partial charge on any atom is -0.490 e. The van der Waals surface area contributed by atoms with Crippen LogP contribution in [0.25, 0.3) is 6.08 Å². The van der Waals surface area contributed by atoms with Gasteiger partial charge < -0.3 is 19.7 Å². The summed E-state index contributed by atoms with van der Waals surface area (Å²) < 4.78 is 24.6. The number of rotatable bonds is 8. The van der Waals surface area contributed by atoms with Crippen molar-refractivity contribution < 1.29 is 23.5 Å². The van der Waals surface area contributed by atoms with Gasteiger partial charge in [-0.25, -0.2) is 9.18 Å². The Kier molecular flexibility index (Phi) is 8.25. The predicted molar refractivity (Wildman–Crippen MR) is 136 cm³/mol. The van der Waals surface area contributed by atoms with Gasteiger partial charge in [-0.05, 0) is 56.4 Å². The Labute approximate surface area is 214 Å². The lowest BCUT2D eigenvalue weighted by Gasteiger charge is -2.33. The first-order chi connectivity index (χ1) is 17.3. The topological polar surface area (TPSA) is 91.7 Å². The summed E-state index contributed by atoms with van der Waals surface area (Å²) in [7, 11) is 0. The number of carbonyl (C=O) groups excluding carboxylic acids is 2. The van der Waals surface area contributed by atoms with Crippen molar-refractivity contribution in [2.24, 2.45) is 0 Å². The maximum Gasteiger partial charge on any atom is 0.410 e. The van der Waals surface area contributed by atoms with Crippen LogP contribution >= 0.6 is 11.6 Å². The third-order valence-corrected chi connectivity index (χ3v) is 6.74. The molecule has 1 atom stereocenters. The number of halogens is 2. The van der Waals surface area contributed by atoms with Gasteiger partial charge in [-0.15, -0.1) is 0 Å². The van der Waals surface area contributed by atoms with Gasteiger partial charge in [0.1, 0.15) is 23.9 Å². The third-order valence-electron chi connectivity index (χ3n) is 6.43. The molecule has 2 aromatic rings. The van der Waals surface area contributed by atoms with Crippen molar-refractivity contribution in [3.63, 3.8) is 0 Å². The number of benzene rings is 2. The Balaban J connectivity index is 1.21. The quantitative estimate of drug-likeness (QED) is 0.478. The molecule has 2 aromatic carbocycles. The third kappa shape index (κ3) is 6.63. The van der Waals surface area contributed by atoms with Crippen molar-refractivity contribution in [1.82, 2.24) is 10.2 Å². The highest BCUT2D eigenvalue weighted by Gasteiger charge is 2.38. The van der Waals surface area contributed by atoms with Crippen LogP contribution in [0.2, 0.25) is 5.02 Å². The Morgan fingerprint density at radius 2 is 2.03 bits per heavy atom. The van der Waals surface area contributed by atoms with Gasteiger partial charge in [-0.1, -0.05) is 47.5 Å². The summed E-state index contributed by atoms with van der Waals surface area (Å²) in [6.07, 6.45) is 5.30. The summed E-state index contributed by atoms with van der Waals surface area (Å²) in [5, 5.41) is 11.0. The average molecular weight is 514 g/mol. The lowest BCUT2D eigenvalue weighted by atomic mass is 9.90. The normalized spacial score (nSPS) is 21.9. The molecule has 0 spiro atoms. The van der Waals surface area contributed by atoms with Gasteiger partial charge in [0.2, 0.25) is 0 Å². The molecule has 1 aliphatic heterocycles. The summed E-state index contributed by atoms with van der Waals surface area (Å²) in [5.41, 5.74) is 1.96. The number of hydrogen-bond donors (Lipinski definition) is 2. The van der Waals surface area contributed by atoms with Gasteiger partial charge in [-0.3, -0.25) is 10.2 Å². The number of aryl methyl sites for hydroxylation is 1. The van der Waals surface area contributed by atoms with Crippen molar-refractivity contribution in [1.29, 1.82) is 5.41 Å². The number of cyclic esters (lactones) is 1. The van der Waals surface area contributed by atoms with Crippen LogP contribution in [0.5, 0.6) is 5.75 Å². The van der Waals surface area contributed by atoms with Crippen LogP contribution in [-0.2, 0) is 9.53 Å². The largest absolute Gasteiger partial charge is 0.490 e. The van der Waals surface area contributed by atoms with Crippen molar-refractivity contribution in [2.45, 2.75) is 50.8 Å². The smallest absolute Gasteiger partial charge is 0.410 e.